The maximum absolute atomic E-state index is 6.36. The fraction of sp³-hybridized carbons (Fsp3) is 0.667. The highest BCUT2D eigenvalue weighted by molar-refractivity contribution is 6.35. The van der Waals surface area contributed by atoms with Crippen LogP contribution in [0.5, 0.6) is 0 Å². The molecule has 1 aliphatic carbocycles. The zero-order valence-electron chi connectivity index (χ0n) is 13.0. The van der Waals surface area contributed by atoms with E-state index < -0.39 is 0 Å². The van der Waals surface area contributed by atoms with Crippen molar-refractivity contribution < 1.29 is 0 Å². The van der Waals surface area contributed by atoms with Crippen molar-refractivity contribution in [1.29, 1.82) is 0 Å². The third-order valence-corrected chi connectivity index (χ3v) is 5.23. The molecule has 1 aromatic carbocycles. The molecular formula is C18H27Cl2N. The van der Waals surface area contributed by atoms with Crippen LogP contribution in [0.15, 0.2) is 18.2 Å². The van der Waals surface area contributed by atoms with Crippen molar-refractivity contribution >= 4 is 23.2 Å². The molecule has 3 heteroatoms. The Hall–Kier alpha value is -0.240. The number of benzene rings is 1. The van der Waals surface area contributed by atoms with Gasteiger partial charge in [0.05, 0.1) is 0 Å². The first kappa shape index (κ1) is 17.1. The molecule has 1 fully saturated rings. The second-order valence-electron chi connectivity index (χ2n) is 6.30. The van der Waals surface area contributed by atoms with Gasteiger partial charge in [0.25, 0.3) is 0 Å². The molecule has 0 radical (unpaired) electrons. The van der Waals surface area contributed by atoms with Crippen molar-refractivity contribution in [2.45, 2.75) is 51.9 Å². The van der Waals surface area contributed by atoms with Crippen LogP contribution in [0, 0.1) is 11.8 Å². The van der Waals surface area contributed by atoms with Crippen LogP contribution in [0.1, 0.15) is 51.0 Å². The first-order valence-electron chi connectivity index (χ1n) is 8.35. The van der Waals surface area contributed by atoms with Crippen molar-refractivity contribution in [2.24, 2.45) is 11.8 Å². The average molecular weight is 328 g/mol. The molecule has 1 saturated carbocycles. The van der Waals surface area contributed by atoms with Gasteiger partial charge in [-0.3, -0.25) is 0 Å². The van der Waals surface area contributed by atoms with Crippen molar-refractivity contribution in [3.05, 3.63) is 33.8 Å². The maximum Gasteiger partial charge on any atom is 0.0452 e. The quantitative estimate of drug-likeness (QED) is 0.519. The number of hydrogen-bond acceptors (Lipinski definition) is 1. The standard InChI is InChI=1S/C18H27Cl2N/c1-2-10-21-13-16-7-5-3-4-6-14(16)11-15-8-9-17(19)12-18(15)20/h8-9,12,14,16,21H,2-7,10-11,13H2,1H3. The minimum atomic E-state index is 0.728. The summed E-state index contributed by atoms with van der Waals surface area (Å²) < 4.78 is 0. The molecule has 2 unspecified atom stereocenters. The molecule has 2 rings (SSSR count). The van der Waals surface area contributed by atoms with Gasteiger partial charge in [0.2, 0.25) is 0 Å². The summed E-state index contributed by atoms with van der Waals surface area (Å²) in [5.74, 6) is 1.53. The van der Waals surface area contributed by atoms with E-state index in [4.69, 9.17) is 23.2 Å². The van der Waals surface area contributed by atoms with Gasteiger partial charge in [-0.15, -0.1) is 0 Å². The molecule has 1 N–H and O–H groups in total. The largest absolute Gasteiger partial charge is 0.316 e. The molecular weight excluding hydrogens is 301 g/mol. The molecule has 0 bridgehead atoms. The topological polar surface area (TPSA) is 12.0 Å². The van der Waals surface area contributed by atoms with Gasteiger partial charge in [-0.2, -0.15) is 0 Å². The van der Waals surface area contributed by atoms with Crippen molar-refractivity contribution in [2.75, 3.05) is 13.1 Å². The van der Waals surface area contributed by atoms with Crippen LogP contribution in [0.4, 0.5) is 0 Å². The van der Waals surface area contributed by atoms with Gasteiger partial charge in [0.15, 0.2) is 0 Å². The van der Waals surface area contributed by atoms with Gasteiger partial charge in [-0.1, -0.05) is 55.5 Å². The molecule has 0 amide bonds. The highest BCUT2D eigenvalue weighted by Crippen LogP contribution is 2.33. The zero-order valence-corrected chi connectivity index (χ0v) is 14.5. The zero-order chi connectivity index (χ0) is 15.1. The Morgan fingerprint density at radius 2 is 1.86 bits per heavy atom. The normalized spacial score (nSPS) is 23.0. The van der Waals surface area contributed by atoms with E-state index in [1.54, 1.807) is 0 Å². The molecule has 0 aromatic heterocycles. The lowest BCUT2D eigenvalue weighted by Gasteiger charge is -2.26. The minimum absolute atomic E-state index is 0.728. The summed E-state index contributed by atoms with van der Waals surface area (Å²) >= 11 is 12.4. The highest BCUT2D eigenvalue weighted by atomic mass is 35.5. The third-order valence-electron chi connectivity index (χ3n) is 4.65. The van der Waals surface area contributed by atoms with E-state index >= 15 is 0 Å². The van der Waals surface area contributed by atoms with E-state index in [0.29, 0.717) is 0 Å². The van der Waals surface area contributed by atoms with Crippen molar-refractivity contribution in [3.63, 3.8) is 0 Å². The van der Waals surface area contributed by atoms with Gasteiger partial charge in [-0.05, 0) is 68.3 Å². The Balaban J connectivity index is 2.01. The summed E-state index contributed by atoms with van der Waals surface area (Å²) in [5, 5.41) is 5.17. The van der Waals surface area contributed by atoms with E-state index in [2.05, 4.69) is 18.3 Å². The summed E-state index contributed by atoms with van der Waals surface area (Å²) in [5.41, 5.74) is 1.26. The van der Waals surface area contributed by atoms with E-state index in [9.17, 15) is 0 Å². The van der Waals surface area contributed by atoms with E-state index in [0.717, 1.165) is 41.4 Å². The number of halogens is 2. The third kappa shape index (κ3) is 5.47. The fourth-order valence-electron chi connectivity index (χ4n) is 3.43. The summed E-state index contributed by atoms with van der Waals surface area (Å²) in [4.78, 5) is 0. The predicted molar refractivity (Wildman–Crippen MR) is 93.4 cm³/mol. The lowest BCUT2D eigenvalue weighted by atomic mass is 9.83. The van der Waals surface area contributed by atoms with Gasteiger partial charge >= 0.3 is 0 Å². The van der Waals surface area contributed by atoms with Gasteiger partial charge in [-0.25, -0.2) is 0 Å². The van der Waals surface area contributed by atoms with Gasteiger partial charge in [0.1, 0.15) is 0 Å². The molecule has 2 atom stereocenters. The molecule has 1 aromatic rings. The molecule has 1 nitrogen and oxygen atoms in total. The first-order chi connectivity index (χ1) is 10.2. The summed E-state index contributed by atoms with van der Waals surface area (Å²) in [6.45, 7) is 4.51. The Morgan fingerprint density at radius 1 is 1.10 bits per heavy atom. The molecule has 1 aliphatic rings. The summed E-state index contributed by atoms with van der Waals surface area (Å²) in [7, 11) is 0. The minimum Gasteiger partial charge on any atom is -0.316 e. The van der Waals surface area contributed by atoms with Crippen LogP contribution >= 0.6 is 23.2 Å². The predicted octanol–water partition coefficient (Wildman–Crippen LogP) is 5.73. The fourth-order valence-corrected chi connectivity index (χ4v) is 3.92. The van der Waals surface area contributed by atoms with Gasteiger partial charge in [0, 0.05) is 10.0 Å². The average Bonchev–Trinajstić information content (AvgIpc) is 2.68. The number of nitrogens with one attached hydrogen (secondary N) is 1. The second kappa shape index (κ2) is 9.02. The van der Waals surface area contributed by atoms with E-state index in [-0.39, 0.29) is 0 Å². The summed E-state index contributed by atoms with van der Waals surface area (Å²) in [6.07, 6.45) is 9.11. The van der Waals surface area contributed by atoms with Crippen LogP contribution in [0.3, 0.4) is 0 Å². The van der Waals surface area contributed by atoms with Crippen LogP contribution in [-0.2, 0) is 6.42 Å². The van der Waals surface area contributed by atoms with Crippen LogP contribution in [0.2, 0.25) is 10.0 Å². The van der Waals surface area contributed by atoms with E-state index in [1.165, 1.54) is 44.1 Å². The molecule has 0 heterocycles. The monoisotopic (exact) mass is 327 g/mol. The van der Waals surface area contributed by atoms with Gasteiger partial charge < -0.3 is 5.32 Å². The molecule has 118 valence electrons. The lowest BCUT2D eigenvalue weighted by Crippen LogP contribution is -2.29. The number of hydrogen-bond donors (Lipinski definition) is 1. The second-order valence-corrected chi connectivity index (χ2v) is 7.15. The molecule has 0 spiro atoms. The molecule has 0 saturated heterocycles. The SMILES string of the molecule is CCCNCC1CCCCCC1Cc1ccc(Cl)cc1Cl. The molecule has 0 aliphatic heterocycles. The van der Waals surface area contributed by atoms with Crippen LogP contribution < -0.4 is 5.32 Å². The Labute approximate surface area is 139 Å². The first-order valence-corrected chi connectivity index (χ1v) is 9.11. The Bertz CT molecular complexity index is 433. The Kier molecular flexibility index (Phi) is 7.36. The summed E-state index contributed by atoms with van der Waals surface area (Å²) in [6, 6.07) is 5.94. The smallest absolute Gasteiger partial charge is 0.0452 e. The maximum atomic E-state index is 6.36. The van der Waals surface area contributed by atoms with Crippen molar-refractivity contribution in [3.8, 4) is 0 Å². The highest BCUT2D eigenvalue weighted by Gasteiger charge is 2.24. The van der Waals surface area contributed by atoms with Crippen LogP contribution in [0.25, 0.3) is 0 Å². The lowest BCUT2D eigenvalue weighted by molar-refractivity contribution is 0.298. The van der Waals surface area contributed by atoms with Crippen LogP contribution in [-0.4, -0.2) is 13.1 Å². The van der Waals surface area contributed by atoms with Crippen molar-refractivity contribution in [1.82, 2.24) is 5.32 Å². The number of rotatable bonds is 6. The molecule has 21 heavy (non-hydrogen) atoms. The Morgan fingerprint density at radius 3 is 2.57 bits per heavy atom. The van der Waals surface area contributed by atoms with E-state index in [1.807, 2.05) is 12.1 Å².